The van der Waals surface area contributed by atoms with Gasteiger partial charge in [-0.2, -0.15) is 0 Å². The minimum atomic E-state index is -1.45. The van der Waals surface area contributed by atoms with Crippen LogP contribution in [0.3, 0.4) is 0 Å². The maximum Gasteiger partial charge on any atom is 0.308 e. The van der Waals surface area contributed by atoms with E-state index >= 15 is 0 Å². The molecule has 0 aliphatic heterocycles. The largest absolute Gasteiger partial charge is 0.469 e. The second kappa shape index (κ2) is 5.95. The van der Waals surface area contributed by atoms with Gasteiger partial charge in [0.15, 0.2) is 0 Å². The number of ether oxygens (including phenoxy) is 1. The zero-order valence-corrected chi connectivity index (χ0v) is 9.82. The molecule has 2 unspecified atom stereocenters. The van der Waals surface area contributed by atoms with Crippen LogP contribution in [-0.2, 0) is 9.53 Å². The van der Waals surface area contributed by atoms with Gasteiger partial charge in [-0.3, -0.25) is 4.79 Å². The van der Waals surface area contributed by atoms with Crippen molar-refractivity contribution in [2.45, 2.75) is 18.6 Å². The molecule has 0 saturated carbocycles. The van der Waals surface area contributed by atoms with Gasteiger partial charge in [0.05, 0.1) is 24.7 Å². The Morgan fingerprint density at radius 2 is 2.18 bits per heavy atom. The highest BCUT2D eigenvalue weighted by Crippen LogP contribution is 2.28. The van der Waals surface area contributed by atoms with E-state index in [-0.39, 0.29) is 10.6 Å². The average Bonchev–Trinajstić information content (AvgIpc) is 2.31. The third-order valence-electron chi connectivity index (χ3n) is 2.27. The molecule has 0 spiro atoms. The summed E-state index contributed by atoms with van der Waals surface area (Å²) in [6.45, 7) is 0. The van der Waals surface area contributed by atoms with E-state index < -0.39 is 30.4 Å². The number of rotatable bonds is 4. The number of benzene rings is 1. The molecule has 2 N–H and O–H groups in total. The molecule has 17 heavy (non-hydrogen) atoms. The fourth-order valence-corrected chi connectivity index (χ4v) is 1.56. The lowest BCUT2D eigenvalue weighted by molar-refractivity contribution is -0.144. The summed E-state index contributed by atoms with van der Waals surface area (Å²) in [4.78, 5) is 10.9. The van der Waals surface area contributed by atoms with E-state index in [0.29, 0.717) is 0 Å². The molecule has 2 atom stereocenters. The van der Waals surface area contributed by atoms with E-state index in [1.807, 2.05) is 0 Å². The van der Waals surface area contributed by atoms with E-state index in [2.05, 4.69) is 4.74 Å². The quantitative estimate of drug-likeness (QED) is 0.806. The summed E-state index contributed by atoms with van der Waals surface area (Å²) in [6.07, 6.45) is -3.25. The van der Waals surface area contributed by atoms with E-state index in [0.717, 1.165) is 13.2 Å². The van der Waals surface area contributed by atoms with Gasteiger partial charge >= 0.3 is 5.97 Å². The number of hydrogen-bond acceptors (Lipinski definition) is 4. The van der Waals surface area contributed by atoms with Gasteiger partial charge in [-0.15, -0.1) is 0 Å². The van der Waals surface area contributed by atoms with Crippen molar-refractivity contribution in [1.82, 2.24) is 0 Å². The summed E-state index contributed by atoms with van der Waals surface area (Å²) in [5.41, 5.74) is 0.0306. The highest BCUT2D eigenvalue weighted by Gasteiger charge is 2.24. The maximum atomic E-state index is 13.1. The third kappa shape index (κ3) is 3.39. The van der Waals surface area contributed by atoms with Crippen LogP contribution in [0.4, 0.5) is 4.39 Å². The molecule has 1 rings (SSSR count). The number of hydrogen-bond donors (Lipinski definition) is 2. The summed E-state index contributed by atoms with van der Waals surface area (Å²) < 4.78 is 17.5. The Labute approximate surface area is 103 Å². The Bertz CT molecular complexity index is 410. The Balaban J connectivity index is 2.85. The standard InChI is InChI=1S/C11H12ClFO4/c1-17-9(15)5-8(14)11(16)6-3-2-4-7(13)10(6)12/h2-4,8,11,14,16H,5H2,1H3. The van der Waals surface area contributed by atoms with Crippen molar-refractivity contribution in [1.29, 1.82) is 0 Å². The third-order valence-corrected chi connectivity index (χ3v) is 2.67. The van der Waals surface area contributed by atoms with Crippen molar-refractivity contribution in [2.24, 2.45) is 0 Å². The molecule has 0 aromatic heterocycles. The highest BCUT2D eigenvalue weighted by molar-refractivity contribution is 6.31. The van der Waals surface area contributed by atoms with Crippen molar-refractivity contribution in [2.75, 3.05) is 7.11 Å². The summed E-state index contributed by atoms with van der Waals surface area (Å²) in [6, 6.07) is 3.85. The predicted molar refractivity (Wildman–Crippen MR) is 59.0 cm³/mol. The van der Waals surface area contributed by atoms with Gasteiger partial charge in [-0.05, 0) is 6.07 Å². The van der Waals surface area contributed by atoms with Crippen LogP contribution in [0.5, 0.6) is 0 Å². The van der Waals surface area contributed by atoms with Gasteiger partial charge in [0.2, 0.25) is 0 Å². The van der Waals surface area contributed by atoms with Gasteiger partial charge in [-0.25, -0.2) is 4.39 Å². The first-order chi connectivity index (χ1) is 7.97. The first kappa shape index (κ1) is 13.9. The number of aliphatic hydroxyl groups excluding tert-OH is 2. The van der Waals surface area contributed by atoms with E-state index in [4.69, 9.17) is 11.6 Å². The SMILES string of the molecule is COC(=O)CC(O)C(O)c1cccc(F)c1Cl. The van der Waals surface area contributed by atoms with Crippen LogP contribution in [0, 0.1) is 5.82 Å². The average molecular weight is 263 g/mol. The van der Waals surface area contributed by atoms with Gasteiger partial charge in [0.25, 0.3) is 0 Å². The van der Waals surface area contributed by atoms with Crippen molar-refractivity contribution in [3.05, 3.63) is 34.6 Å². The summed E-state index contributed by atoms with van der Waals surface area (Å²) in [5, 5.41) is 19.0. The molecule has 0 aliphatic rings. The van der Waals surface area contributed by atoms with Crippen LogP contribution in [0.25, 0.3) is 0 Å². The van der Waals surface area contributed by atoms with Crippen LogP contribution in [0.1, 0.15) is 18.1 Å². The highest BCUT2D eigenvalue weighted by atomic mass is 35.5. The fourth-order valence-electron chi connectivity index (χ4n) is 1.32. The second-order valence-electron chi connectivity index (χ2n) is 3.44. The molecule has 0 fully saturated rings. The molecular formula is C11H12ClFO4. The monoisotopic (exact) mass is 262 g/mol. The summed E-state index contributed by atoms with van der Waals surface area (Å²) in [5.74, 6) is -1.38. The van der Waals surface area contributed by atoms with E-state index in [9.17, 15) is 19.4 Å². The lowest BCUT2D eigenvalue weighted by Crippen LogP contribution is -2.23. The Morgan fingerprint density at radius 1 is 1.53 bits per heavy atom. The number of esters is 1. The number of carbonyl (C=O) groups excluding carboxylic acids is 1. The number of methoxy groups -OCH3 is 1. The molecule has 0 amide bonds. The smallest absolute Gasteiger partial charge is 0.308 e. The van der Waals surface area contributed by atoms with E-state index in [1.54, 1.807) is 0 Å². The first-order valence-corrected chi connectivity index (χ1v) is 5.22. The van der Waals surface area contributed by atoms with Crippen LogP contribution in [0.2, 0.25) is 5.02 Å². The lowest BCUT2D eigenvalue weighted by Gasteiger charge is -2.18. The van der Waals surface area contributed by atoms with Crippen LogP contribution in [-0.4, -0.2) is 29.4 Å². The second-order valence-corrected chi connectivity index (χ2v) is 3.81. The van der Waals surface area contributed by atoms with Gasteiger partial charge in [0, 0.05) is 5.56 Å². The molecule has 0 heterocycles. The van der Waals surface area contributed by atoms with E-state index in [1.165, 1.54) is 12.1 Å². The molecule has 94 valence electrons. The Hall–Kier alpha value is -1.17. The van der Waals surface area contributed by atoms with Crippen molar-refractivity contribution in [3.8, 4) is 0 Å². The van der Waals surface area contributed by atoms with Gasteiger partial charge in [-0.1, -0.05) is 23.7 Å². The van der Waals surface area contributed by atoms with Crippen molar-refractivity contribution >= 4 is 17.6 Å². The Morgan fingerprint density at radius 3 is 2.76 bits per heavy atom. The van der Waals surface area contributed by atoms with Crippen LogP contribution in [0.15, 0.2) is 18.2 Å². The zero-order chi connectivity index (χ0) is 13.0. The molecule has 0 saturated heterocycles. The summed E-state index contributed by atoms with van der Waals surface area (Å²) in [7, 11) is 1.16. The van der Waals surface area contributed by atoms with Gasteiger partial charge < -0.3 is 14.9 Å². The Kier molecular flexibility index (Phi) is 4.86. The first-order valence-electron chi connectivity index (χ1n) is 4.84. The predicted octanol–water partition coefficient (Wildman–Crippen LogP) is 1.44. The minimum absolute atomic E-state index is 0.0306. The molecule has 0 bridgehead atoms. The molecule has 6 heteroatoms. The van der Waals surface area contributed by atoms with Crippen LogP contribution >= 0.6 is 11.6 Å². The number of carbonyl (C=O) groups is 1. The van der Waals surface area contributed by atoms with Gasteiger partial charge in [0.1, 0.15) is 11.9 Å². The minimum Gasteiger partial charge on any atom is -0.469 e. The molecule has 1 aromatic rings. The fraction of sp³-hybridized carbons (Fsp3) is 0.364. The molecule has 0 radical (unpaired) electrons. The topological polar surface area (TPSA) is 66.8 Å². The molecule has 4 nitrogen and oxygen atoms in total. The summed E-state index contributed by atoms with van der Waals surface area (Å²) >= 11 is 5.64. The molecular weight excluding hydrogens is 251 g/mol. The maximum absolute atomic E-state index is 13.1. The van der Waals surface area contributed by atoms with Crippen LogP contribution < -0.4 is 0 Å². The molecule has 1 aromatic carbocycles. The number of halogens is 2. The lowest BCUT2D eigenvalue weighted by atomic mass is 10.0. The number of aliphatic hydroxyl groups is 2. The normalized spacial score (nSPS) is 14.2. The zero-order valence-electron chi connectivity index (χ0n) is 9.06. The van der Waals surface area contributed by atoms with Crippen molar-refractivity contribution < 1.29 is 24.1 Å². The molecule has 0 aliphatic carbocycles. The van der Waals surface area contributed by atoms with Crippen molar-refractivity contribution in [3.63, 3.8) is 0 Å².